The molecule has 0 aromatic heterocycles. The molecule has 0 radical (unpaired) electrons. The highest BCUT2D eigenvalue weighted by Crippen LogP contribution is 2.27. The summed E-state index contributed by atoms with van der Waals surface area (Å²) in [5, 5.41) is 0.807. The normalized spacial score (nSPS) is 15.1. The molecule has 1 fully saturated rings. The summed E-state index contributed by atoms with van der Waals surface area (Å²) in [6, 6.07) is 15.7. The summed E-state index contributed by atoms with van der Waals surface area (Å²) >= 11 is 6.26. The van der Waals surface area contributed by atoms with E-state index in [9.17, 15) is 4.79 Å². The maximum Gasteiger partial charge on any atom is 0.150 e. The van der Waals surface area contributed by atoms with Crippen LogP contribution in [-0.4, -0.2) is 32.5 Å². The molecule has 1 aliphatic rings. The summed E-state index contributed by atoms with van der Waals surface area (Å²) in [6.45, 7) is 3.79. The van der Waals surface area contributed by atoms with Crippen LogP contribution >= 0.6 is 11.6 Å². The number of hydrogen-bond donors (Lipinski definition) is 0. The molecule has 108 valence electrons. The summed E-state index contributed by atoms with van der Waals surface area (Å²) in [7, 11) is 0. The second-order valence-electron chi connectivity index (χ2n) is 5.13. The van der Waals surface area contributed by atoms with Crippen molar-refractivity contribution in [3.8, 4) is 0 Å². The van der Waals surface area contributed by atoms with E-state index in [1.165, 1.54) is 5.69 Å². The maximum atomic E-state index is 10.7. The molecule has 1 aliphatic heterocycles. The minimum atomic E-state index is 0.716. The minimum absolute atomic E-state index is 0.716. The lowest BCUT2D eigenvalue weighted by Crippen LogP contribution is -2.46. The number of rotatable bonds is 3. The van der Waals surface area contributed by atoms with Crippen molar-refractivity contribution < 1.29 is 4.79 Å². The quantitative estimate of drug-likeness (QED) is 0.811. The molecule has 0 unspecified atom stereocenters. The Kier molecular flexibility index (Phi) is 4.11. The molecule has 1 saturated heterocycles. The van der Waals surface area contributed by atoms with Gasteiger partial charge in [0.05, 0.1) is 10.7 Å². The van der Waals surface area contributed by atoms with Gasteiger partial charge in [-0.05, 0) is 36.4 Å². The SMILES string of the molecule is O=Cc1ccc(N2CCN(c3ccccc3Cl)CC2)cc1. The average molecular weight is 301 g/mol. The summed E-state index contributed by atoms with van der Waals surface area (Å²) in [4.78, 5) is 15.3. The number of carbonyl (C=O) groups excluding carboxylic acids is 1. The Morgan fingerprint density at radius 1 is 0.857 bits per heavy atom. The Labute approximate surface area is 129 Å². The van der Waals surface area contributed by atoms with Crippen LogP contribution in [0.25, 0.3) is 0 Å². The second-order valence-corrected chi connectivity index (χ2v) is 5.54. The number of benzene rings is 2. The van der Waals surface area contributed by atoms with Crippen LogP contribution in [0.15, 0.2) is 48.5 Å². The predicted molar refractivity (Wildman–Crippen MR) is 87.7 cm³/mol. The van der Waals surface area contributed by atoms with Crippen molar-refractivity contribution in [3.05, 3.63) is 59.1 Å². The number of piperazine rings is 1. The Hall–Kier alpha value is -2.00. The van der Waals surface area contributed by atoms with Gasteiger partial charge in [0.2, 0.25) is 0 Å². The van der Waals surface area contributed by atoms with Crippen molar-refractivity contribution in [1.29, 1.82) is 0 Å². The third kappa shape index (κ3) is 3.03. The highest BCUT2D eigenvalue weighted by molar-refractivity contribution is 6.33. The first-order valence-electron chi connectivity index (χ1n) is 7.07. The first-order valence-corrected chi connectivity index (χ1v) is 7.45. The number of nitrogens with zero attached hydrogens (tertiary/aromatic N) is 2. The average Bonchev–Trinajstić information content (AvgIpc) is 2.56. The topological polar surface area (TPSA) is 23.6 Å². The van der Waals surface area contributed by atoms with Crippen LogP contribution in [0.2, 0.25) is 5.02 Å². The van der Waals surface area contributed by atoms with E-state index in [1.54, 1.807) is 0 Å². The Balaban J connectivity index is 1.67. The standard InChI is InChI=1S/C17H17ClN2O/c18-16-3-1-2-4-17(16)20-11-9-19(10-12-20)15-7-5-14(13-21)6-8-15/h1-8,13H,9-12H2. The van der Waals surface area contributed by atoms with Crippen molar-refractivity contribution in [2.24, 2.45) is 0 Å². The smallest absolute Gasteiger partial charge is 0.150 e. The van der Waals surface area contributed by atoms with E-state index in [4.69, 9.17) is 11.6 Å². The molecule has 3 nitrogen and oxygen atoms in total. The fourth-order valence-corrected chi connectivity index (χ4v) is 2.93. The van der Waals surface area contributed by atoms with Crippen LogP contribution in [0.3, 0.4) is 0 Å². The van der Waals surface area contributed by atoms with Gasteiger partial charge in [0, 0.05) is 37.4 Å². The molecule has 0 aliphatic carbocycles. The van der Waals surface area contributed by atoms with E-state index in [-0.39, 0.29) is 0 Å². The second kappa shape index (κ2) is 6.19. The fourth-order valence-electron chi connectivity index (χ4n) is 2.68. The number of anilines is 2. The lowest BCUT2D eigenvalue weighted by atomic mass is 10.2. The summed E-state index contributed by atoms with van der Waals surface area (Å²) in [6.07, 6.45) is 0.874. The molecule has 21 heavy (non-hydrogen) atoms. The highest BCUT2D eigenvalue weighted by atomic mass is 35.5. The number of para-hydroxylation sites is 1. The molecular formula is C17H17ClN2O. The van der Waals surface area contributed by atoms with Gasteiger partial charge in [-0.2, -0.15) is 0 Å². The Morgan fingerprint density at radius 3 is 2.10 bits per heavy atom. The van der Waals surface area contributed by atoms with Gasteiger partial charge in [0.15, 0.2) is 0 Å². The van der Waals surface area contributed by atoms with Crippen LogP contribution in [0, 0.1) is 0 Å². The van der Waals surface area contributed by atoms with Crippen molar-refractivity contribution in [2.75, 3.05) is 36.0 Å². The van der Waals surface area contributed by atoms with Crippen LogP contribution < -0.4 is 9.80 Å². The van der Waals surface area contributed by atoms with Gasteiger partial charge in [-0.25, -0.2) is 0 Å². The number of carbonyl (C=O) groups is 1. The zero-order valence-electron chi connectivity index (χ0n) is 11.7. The van der Waals surface area contributed by atoms with Gasteiger partial charge in [-0.1, -0.05) is 23.7 Å². The summed E-state index contributed by atoms with van der Waals surface area (Å²) < 4.78 is 0. The molecule has 0 N–H and O–H groups in total. The number of aldehydes is 1. The van der Waals surface area contributed by atoms with Crippen LogP contribution in [0.4, 0.5) is 11.4 Å². The van der Waals surface area contributed by atoms with Gasteiger partial charge in [0.25, 0.3) is 0 Å². The van der Waals surface area contributed by atoms with Crippen molar-refractivity contribution >= 4 is 29.3 Å². The number of halogens is 1. The third-order valence-electron chi connectivity index (χ3n) is 3.87. The van der Waals surface area contributed by atoms with Gasteiger partial charge < -0.3 is 9.80 Å². The lowest BCUT2D eigenvalue weighted by Gasteiger charge is -2.37. The maximum absolute atomic E-state index is 10.7. The van der Waals surface area contributed by atoms with E-state index in [1.807, 2.05) is 42.5 Å². The van der Waals surface area contributed by atoms with Crippen molar-refractivity contribution in [1.82, 2.24) is 0 Å². The molecule has 1 heterocycles. The van der Waals surface area contributed by atoms with Gasteiger partial charge in [-0.15, -0.1) is 0 Å². The molecule has 4 heteroatoms. The first-order chi connectivity index (χ1) is 10.3. The zero-order valence-corrected chi connectivity index (χ0v) is 12.5. The largest absolute Gasteiger partial charge is 0.368 e. The molecule has 0 atom stereocenters. The van der Waals surface area contributed by atoms with Crippen LogP contribution in [-0.2, 0) is 0 Å². The Morgan fingerprint density at radius 2 is 1.48 bits per heavy atom. The molecule has 0 spiro atoms. The molecule has 2 aromatic carbocycles. The van der Waals surface area contributed by atoms with Gasteiger partial charge >= 0.3 is 0 Å². The van der Waals surface area contributed by atoms with E-state index < -0.39 is 0 Å². The highest BCUT2D eigenvalue weighted by Gasteiger charge is 2.18. The van der Waals surface area contributed by atoms with Crippen molar-refractivity contribution in [2.45, 2.75) is 0 Å². The minimum Gasteiger partial charge on any atom is -0.368 e. The van der Waals surface area contributed by atoms with Gasteiger partial charge in [-0.3, -0.25) is 4.79 Å². The molecule has 2 aromatic rings. The summed E-state index contributed by atoms with van der Waals surface area (Å²) in [5.41, 5.74) is 2.99. The summed E-state index contributed by atoms with van der Waals surface area (Å²) in [5.74, 6) is 0. The molecule has 0 bridgehead atoms. The monoisotopic (exact) mass is 300 g/mol. The fraction of sp³-hybridized carbons (Fsp3) is 0.235. The first kappa shape index (κ1) is 14.0. The third-order valence-corrected chi connectivity index (χ3v) is 4.19. The Bertz CT molecular complexity index is 619. The van der Waals surface area contributed by atoms with E-state index in [0.717, 1.165) is 43.2 Å². The molecule has 3 rings (SSSR count). The number of hydrogen-bond acceptors (Lipinski definition) is 3. The molecule has 0 saturated carbocycles. The molecular weight excluding hydrogens is 284 g/mol. The molecule has 0 amide bonds. The van der Waals surface area contributed by atoms with E-state index in [2.05, 4.69) is 15.9 Å². The van der Waals surface area contributed by atoms with Crippen LogP contribution in [0.5, 0.6) is 0 Å². The van der Waals surface area contributed by atoms with Gasteiger partial charge in [0.1, 0.15) is 6.29 Å². The van der Waals surface area contributed by atoms with E-state index in [0.29, 0.717) is 5.56 Å². The van der Waals surface area contributed by atoms with E-state index >= 15 is 0 Å². The predicted octanol–water partition coefficient (Wildman–Crippen LogP) is 3.48. The zero-order chi connectivity index (χ0) is 14.7. The van der Waals surface area contributed by atoms with Crippen molar-refractivity contribution in [3.63, 3.8) is 0 Å². The van der Waals surface area contributed by atoms with Crippen LogP contribution in [0.1, 0.15) is 10.4 Å². The lowest BCUT2D eigenvalue weighted by molar-refractivity contribution is 0.112.